The molecule has 1 atom stereocenters. The van der Waals surface area contributed by atoms with Crippen molar-refractivity contribution in [1.82, 2.24) is 4.90 Å². The number of hydrogen-bond acceptors (Lipinski definition) is 4. The Morgan fingerprint density at radius 2 is 2.08 bits per heavy atom. The fraction of sp³-hybridized carbons (Fsp3) is 0.529. The van der Waals surface area contributed by atoms with Gasteiger partial charge in [0, 0.05) is 19.5 Å². The molecule has 1 aliphatic heterocycles. The van der Waals surface area contributed by atoms with E-state index in [1.165, 1.54) is 26.4 Å². The molecule has 1 aromatic carbocycles. The standard InChI is InChI=1S/C17H22FNO5/c1-23-13-7-6-12(18)15(16(13)24-2)17(22)19-9-3-4-11(10-19)5-8-14(20)21/h6-7,11H,3-5,8-10H2,1-2H3,(H,20,21). The number of methoxy groups -OCH3 is 2. The van der Waals surface area contributed by atoms with Gasteiger partial charge in [0.2, 0.25) is 0 Å². The second-order valence-electron chi connectivity index (χ2n) is 5.85. The predicted octanol–water partition coefficient (Wildman–Crippen LogP) is 2.56. The van der Waals surface area contributed by atoms with E-state index in [2.05, 4.69) is 0 Å². The number of carbonyl (C=O) groups is 2. The lowest BCUT2D eigenvalue weighted by molar-refractivity contribution is -0.137. The number of carbonyl (C=O) groups excluding carboxylic acids is 1. The summed E-state index contributed by atoms with van der Waals surface area (Å²) >= 11 is 0. The van der Waals surface area contributed by atoms with Crippen molar-refractivity contribution in [3.05, 3.63) is 23.5 Å². The molecule has 6 nitrogen and oxygen atoms in total. The third-order valence-corrected chi connectivity index (χ3v) is 4.28. The summed E-state index contributed by atoms with van der Waals surface area (Å²) in [5, 5.41) is 8.80. The van der Waals surface area contributed by atoms with Crippen molar-refractivity contribution in [2.24, 2.45) is 5.92 Å². The number of benzene rings is 1. The number of carboxylic acid groups (broad SMARTS) is 1. The lowest BCUT2D eigenvalue weighted by Crippen LogP contribution is -2.40. The van der Waals surface area contributed by atoms with Crippen LogP contribution in [0.3, 0.4) is 0 Å². The first-order valence-electron chi connectivity index (χ1n) is 7.89. The Kier molecular flexibility index (Phi) is 6.00. The molecule has 1 fully saturated rings. The molecule has 24 heavy (non-hydrogen) atoms. The molecule has 0 aliphatic carbocycles. The minimum Gasteiger partial charge on any atom is -0.493 e. The molecule has 1 N–H and O–H groups in total. The van der Waals surface area contributed by atoms with Crippen molar-refractivity contribution in [3.63, 3.8) is 0 Å². The van der Waals surface area contributed by atoms with Gasteiger partial charge in [0.1, 0.15) is 11.4 Å². The van der Waals surface area contributed by atoms with Gasteiger partial charge in [-0.15, -0.1) is 0 Å². The van der Waals surface area contributed by atoms with Gasteiger partial charge in [-0.2, -0.15) is 0 Å². The third-order valence-electron chi connectivity index (χ3n) is 4.28. The number of piperidine rings is 1. The van der Waals surface area contributed by atoms with Gasteiger partial charge < -0.3 is 19.5 Å². The average Bonchev–Trinajstić information content (AvgIpc) is 2.59. The molecule has 1 aliphatic rings. The number of nitrogens with zero attached hydrogens (tertiary/aromatic N) is 1. The second-order valence-corrected chi connectivity index (χ2v) is 5.85. The summed E-state index contributed by atoms with van der Waals surface area (Å²) in [5.74, 6) is -1.48. The highest BCUT2D eigenvalue weighted by atomic mass is 19.1. The summed E-state index contributed by atoms with van der Waals surface area (Å²) in [6.07, 6.45) is 2.22. The van der Waals surface area contributed by atoms with Crippen LogP contribution in [0.1, 0.15) is 36.0 Å². The van der Waals surface area contributed by atoms with Crippen LogP contribution in [-0.4, -0.2) is 49.2 Å². The molecule has 0 radical (unpaired) electrons. The van der Waals surface area contributed by atoms with Crippen LogP contribution >= 0.6 is 0 Å². The molecule has 1 saturated heterocycles. The van der Waals surface area contributed by atoms with Gasteiger partial charge >= 0.3 is 5.97 Å². The number of likely N-dealkylation sites (tertiary alicyclic amines) is 1. The van der Waals surface area contributed by atoms with E-state index >= 15 is 0 Å². The van der Waals surface area contributed by atoms with Gasteiger partial charge in [-0.3, -0.25) is 9.59 Å². The molecule has 7 heteroatoms. The fourth-order valence-corrected chi connectivity index (χ4v) is 3.07. The van der Waals surface area contributed by atoms with Crippen molar-refractivity contribution in [2.75, 3.05) is 27.3 Å². The van der Waals surface area contributed by atoms with Gasteiger partial charge in [0.05, 0.1) is 14.2 Å². The Morgan fingerprint density at radius 3 is 2.71 bits per heavy atom. The molecule has 1 heterocycles. The van der Waals surface area contributed by atoms with E-state index in [4.69, 9.17) is 14.6 Å². The third kappa shape index (κ3) is 3.96. The van der Waals surface area contributed by atoms with Gasteiger partial charge in [-0.05, 0) is 37.3 Å². The molecule has 0 saturated carbocycles. The van der Waals surface area contributed by atoms with Crippen LogP contribution in [0.15, 0.2) is 12.1 Å². The van der Waals surface area contributed by atoms with Crippen molar-refractivity contribution in [1.29, 1.82) is 0 Å². The number of aliphatic carboxylic acids is 1. The highest BCUT2D eigenvalue weighted by molar-refractivity contribution is 5.98. The first kappa shape index (κ1) is 18.0. The largest absolute Gasteiger partial charge is 0.493 e. The highest BCUT2D eigenvalue weighted by Gasteiger charge is 2.30. The summed E-state index contributed by atoms with van der Waals surface area (Å²) in [6, 6.07) is 2.59. The summed E-state index contributed by atoms with van der Waals surface area (Å²) in [7, 11) is 2.78. The van der Waals surface area contributed by atoms with Crippen molar-refractivity contribution in [3.8, 4) is 11.5 Å². The Balaban J connectivity index is 2.20. The van der Waals surface area contributed by atoms with Crippen molar-refractivity contribution < 1.29 is 28.6 Å². The lowest BCUT2D eigenvalue weighted by Gasteiger charge is -2.33. The maximum absolute atomic E-state index is 14.2. The SMILES string of the molecule is COc1ccc(F)c(C(=O)N2CCCC(CCC(=O)O)C2)c1OC. The Hall–Kier alpha value is -2.31. The molecule has 132 valence electrons. The Bertz CT molecular complexity index is 619. The van der Waals surface area contributed by atoms with Crippen molar-refractivity contribution in [2.45, 2.75) is 25.7 Å². The van der Waals surface area contributed by atoms with Gasteiger partial charge in [0.25, 0.3) is 5.91 Å². The summed E-state index contributed by atoms with van der Waals surface area (Å²) in [6.45, 7) is 0.939. The van der Waals surface area contributed by atoms with E-state index in [1.54, 1.807) is 4.90 Å². The number of rotatable bonds is 6. The summed E-state index contributed by atoms with van der Waals surface area (Å²) in [4.78, 5) is 25.1. The molecule has 0 bridgehead atoms. The Morgan fingerprint density at radius 1 is 1.33 bits per heavy atom. The van der Waals surface area contributed by atoms with Crippen LogP contribution in [0.4, 0.5) is 4.39 Å². The molecule has 2 rings (SSSR count). The number of amides is 1. The monoisotopic (exact) mass is 339 g/mol. The highest BCUT2D eigenvalue weighted by Crippen LogP contribution is 2.34. The number of hydrogen-bond donors (Lipinski definition) is 1. The zero-order valence-corrected chi connectivity index (χ0v) is 13.9. The maximum Gasteiger partial charge on any atom is 0.303 e. The van der Waals surface area contributed by atoms with Gasteiger partial charge in [0.15, 0.2) is 11.5 Å². The van der Waals surface area contributed by atoms with Gasteiger partial charge in [-0.1, -0.05) is 0 Å². The topological polar surface area (TPSA) is 76.1 Å². The van der Waals surface area contributed by atoms with E-state index in [0.717, 1.165) is 12.8 Å². The Labute approximate surface area is 140 Å². The molecule has 1 aromatic rings. The molecule has 0 spiro atoms. The molecule has 0 aromatic heterocycles. The van der Waals surface area contributed by atoms with Crippen LogP contribution in [0.25, 0.3) is 0 Å². The number of halogens is 1. The number of ether oxygens (including phenoxy) is 2. The van der Waals surface area contributed by atoms with Crippen LogP contribution in [0.2, 0.25) is 0 Å². The van der Waals surface area contributed by atoms with Crippen LogP contribution < -0.4 is 9.47 Å². The molecule has 1 amide bonds. The zero-order valence-electron chi connectivity index (χ0n) is 13.9. The van der Waals surface area contributed by atoms with Gasteiger partial charge in [-0.25, -0.2) is 4.39 Å². The molecule has 1 unspecified atom stereocenters. The van der Waals surface area contributed by atoms with Crippen LogP contribution in [0.5, 0.6) is 11.5 Å². The number of carboxylic acids is 1. The van der Waals surface area contributed by atoms with Crippen LogP contribution in [-0.2, 0) is 4.79 Å². The summed E-state index contributed by atoms with van der Waals surface area (Å²) in [5.41, 5.74) is -0.143. The quantitative estimate of drug-likeness (QED) is 0.862. The summed E-state index contributed by atoms with van der Waals surface area (Å²) < 4.78 is 24.6. The minimum absolute atomic E-state index is 0.0730. The maximum atomic E-state index is 14.2. The van der Waals surface area contributed by atoms with E-state index in [1.807, 2.05) is 0 Å². The second kappa shape index (κ2) is 7.99. The average molecular weight is 339 g/mol. The fourth-order valence-electron chi connectivity index (χ4n) is 3.07. The van der Waals surface area contributed by atoms with E-state index in [9.17, 15) is 14.0 Å². The van der Waals surface area contributed by atoms with E-state index < -0.39 is 17.7 Å². The van der Waals surface area contributed by atoms with E-state index in [0.29, 0.717) is 25.3 Å². The first-order valence-corrected chi connectivity index (χ1v) is 7.89. The van der Waals surface area contributed by atoms with Crippen molar-refractivity contribution >= 4 is 11.9 Å². The smallest absolute Gasteiger partial charge is 0.303 e. The first-order chi connectivity index (χ1) is 11.5. The molecular formula is C17H22FNO5. The normalized spacial score (nSPS) is 17.5. The zero-order chi connectivity index (χ0) is 17.7. The van der Waals surface area contributed by atoms with Crippen LogP contribution in [0, 0.1) is 11.7 Å². The lowest BCUT2D eigenvalue weighted by atomic mass is 9.93. The molecular weight excluding hydrogens is 317 g/mol. The van der Waals surface area contributed by atoms with E-state index in [-0.39, 0.29) is 23.7 Å². The minimum atomic E-state index is -0.848. The predicted molar refractivity (Wildman–Crippen MR) is 85.0 cm³/mol.